The van der Waals surface area contributed by atoms with Crippen molar-refractivity contribution < 1.29 is 19.5 Å². The summed E-state index contributed by atoms with van der Waals surface area (Å²) in [6.45, 7) is 5.97. The lowest BCUT2D eigenvalue weighted by Crippen LogP contribution is -2.57. The molecule has 1 N–H and O–H groups in total. The van der Waals surface area contributed by atoms with Crippen molar-refractivity contribution in [1.29, 1.82) is 0 Å². The van der Waals surface area contributed by atoms with E-state index in [2.05, 4.69) is 34.0 Å². The van der Waals surface area contributed by atoms with Gasteiger partial charge in [0, 0.05) is 31.7 Å². The van der Waals surface area contributed by atoms with E-state index in [0.717, 1.165) is 11.1 Å². The zero-order chi connectivity index (χ0) is 23.0. The van der Waals surface area contributed by atoms with Gasteiger partial charge in [-0.2, -0.15) is 5.10 Å². The third-order valence-corrected chi connectivity index (χ3v) is 5.96. The van der Waals surface area contributed by atoms with Gasteiger partial charge in [0.2, 0.25) is 5.82 Å². The number of halogens is 1. The molecule has 3 heterocycles. The number of ketones is 1. The predicted octanol–water partition coefficient (Wildman–Crippen LogP) is 2.38. The maximum Gasteiger partial charge on any atom is 0.380 e. The minimum Gasteiger partial charge on any atom is -0.475 e. The number of rotatable bonds is 5. The van der Waals surface area contributed by atoms with Crippen LogP contribution in [0.3, 0.4) is 0 Å². The van der Waals surface area contributed by atoms with Gasteiger partial charge >= 0.3 is 11.8 Å². The maximum atomic E-state index is 13.3. The highest BCUT2D eigenvalue weighted by Gasteiger charge is 2.34. The Kier molecular flexibility index (Phi) is 5.94. The molecule has 2 atom stereocenters. The average Bonchev–Trinajstić information content (AvgIpc) is 3.17. The molecule has 1 aromatic carbocycles. The van der Waals surface area contributed by atoms with Gasteiger partial charge in [0.25, 0.3) is 5.91 Å². The van der Waals surface area contributed by atoms with Crippen molar-refractivity contribution >= 4 is 34.8 Å². The lowest BCUT2D eigenvalue weighted by molar-refractivity contribution is -0.131. The Hall–Kier alpha value is -3.30. The standard InChI is InChI=1S/C22H22ClN5O4/c1-13-11-27(14(2)10-26(13)12-15-6-4-3-5-7-15)21(30)18-17(23)8-16-9-24-20(28(16)25-18)19(29)22(31)32/h3-9,13-14H,10-12H2,1-2H3,(H,31,32)/t13-,14+/m0/s1. The van der Waals surface area contributed by atoms with Crippen molar-refractivity contribution in [1.82, 2.24) is 24.4 Å². The summed E-state index contributed by atoms with van der Waals surface area (Å²) in [5, 5.41) is 13.3. The van der Waals surface area contributed by atoms with E-state index in [4.69, 9.17) is 16.7 Å². The number of benzene rings is 1. The minimum atomic E-state index is -1.65. The quantitative estimate of drug-likeness (QED) is 0.464. The topological polar surface area (TPSA) is 108 Å². The molecule has 0 spiro atoms. The van der Waals surface area contributed by atoms with Crippen LogP contribution in [-0.4, -0.2) is 72.3 Å². The Labute approximate surface area is 189 Å². The van der Waals surface area contributed by atoms with Crippen LogP contribution in [0.5, 0.6) is 0 Å². The van der Waals surface area contributed by atoms with Crippen LogP contribution < -0.4 is 0 Å². The third-order valence-electron chi connectivity index (χ3n) is 5.67. The first-order valence-electron chi connectivity index (χ1n) is 10.2. The second-order valence-corrected chi connectivity index (χ2v) is 8.37. The summed E-state index contributed by atoms with van der Waals surface area (Å²) in [7, 11) is 0. The van der Waals surface area contributed by atoms with E-state index in [9.17, 15) is 14.4 Å². The Bertz CT molecular complexity index is 1200. The summed E-state index contributed by atoms with van der Waals surface area (Å²) in [5.74, 6) is -3.63. The van der Waals surface area contributed by atoms with Crippen LogP contribution in [0.1, 0.15) is 40.5 Å². The number of carboxylic acid groups (broad SMARTS) is 1. The van der Waals surface area contributed by atoms with Crippen LogP contribution >= 0.6 is 11.6 Å². The number of carboxylic acids is 1. The number of carbonyl (C=O) groups is 3. The molecule has 3 aromatic rings. The van der Waals surface area contributed by atoms with E-state index in [1.165, 1.54) is 17.8 Å². The largest absolute Gasteiger partial charge is 0.475 e. The number of hydrogen-bond acceptors (Lipinski definition) is 6. The SMILES string of the molecule is C[C@@H]1CN(Cc2ccccc2)[C@@H](C)CN1C(=O)c1nn2c(C(=O)C(=O)O)ncc2cc1Cl. The lowest BCUT2D eigenvalue weighted by atomic mass is 10.1. The molecule has 0 aliphatic carbocycles. The molecule has 1 aliphatic heterocycles. The molecule has 1 fully saturated rings. The van der Waals surface area contributed by atoms with Crippen LogP contribution in [0.4, 0.5) is 0 Å². The molecular formula is C22H22ClN5O4. The van der Waals surface area contributed by atoms with Crippen LogP contribution in [-0.2, 0) is 11.3 Å². The number of hydrogen-bond donors (Lipinski definition) is 1. The van der Waals surface area contributed by atoms with E-state index in [1.54, 1.807) is 4.90 Å². The molecule has 32 heavy (non-hydrogen) atoms. The normalized spacial score (nSPS) is 19.3. The number of fused-ring (bicyclic) bond motifs is 1. The fraction of sp³-hybridized carbons (Fsp3) is 0.318. The number of aromatic nitrogens is 3. The fourth-order valence-corrected chi connectivity index (χ4v) is 4.19. The van der Waals surface area contributed by atoms with Gasteiger partial charge in [0.15, 0.2) is 5.69 Å². The van der Waals surface area contributed by atoms with E-state index in [0.29, 0.717) is 18.6 Å². The molecule has 1 saturated heterocycles. The summed E-state index contributed by atoms with van der Waals surface area (Å²) < 4.78 is 1.05. The molecule has 10 heteroatoms. The predicted molar refractivity (Wildman–Crippen MR) is 117 cm³/mol. The minimum absolute atomic E-state index is 0.0489. The van der Waals surface area contributed by atoms with E-state index >= 15 is 0 Å². The highest BCUT2D eigenvalue weighted by atomic mass is 35.5. The van der Waals surface area contributed by atoms with Crippen LogP contribution in [0.2, 0.25) is 5.02 Å². The first-order valence-corrected chi connectivity index (χ1v) is 10.5. The molecular weight excluding hydrogens is 434 g/mol. The molecule has 0 bridgehead atoms. The smallest absolute Gasteiger partial charge is 0.380 e. The Morgan fingerprint density at radius 1 is 1.12 bits per heavy atom. The summed E-state index contributed by atoms with van der Waals surface area (Å²) in [6, 6.07) is 11.6. The number of piperazine rings is 1. The highest BCUT2D eigenvalue weighted by Crippen LogP contribution is 2.24. The number of amides is 1. The maximum absolute atomic E-state index is 13.3. The molecule has 9 nitrogen and oxygen atoms in total. The second-order valence-electron chi connectivity index (χ2n) is 7.96. The van der Waals surface area contributed by atoms with Crippen molar-refractivity contribution in [2.24, 2.45) is 0 Å². The Morgan fingerprint density at radius 2 is 1.84 bits per heavy atom. The van der Waals surface area contributed by atoms with Gasteiger partial charge in [-0.05, 0) is 25.5 Å². The molecule has 0 unspecified atom stereocenters. The molecule has 0 radical (unpaired) electrons. The molecule has 1 amide bonds. The van der Waals surface area contributed by atoms with E-state index in [1.807, 2.05) is 25.1 Å². The first kappa shape index (κ1) is 21.9. The molecule has 4 rings (SSSR count). The van der Waals surface area contributed by atoms with Crippen molar-refractivity contribution in [2.75, 3.05) is 13.1 Å². The van der Waals surface area contributed by atoms with E-state index < -0.39 is 11.8 Å². The summed E-state index contributed by atoms with van der Waals surface area (Å²) in [6.07, 6.45) is 1.29. The summed E-state index contributed by atoms with van der Waals surface area (Å²) >= 11 is 6.33. The van der Waals surface area contributed by atoms with Crippen LogP contribution in [0.25, 0.3) is 5.52 Å². The summed E-state index contributed by atoms with van der Waals surface area (Å²) in [5.41, 5.74) is 1.48. The zero-order valence-electron chi connectivity index (χ0n) is 17.6. The van der Waals surface area contributed by atoms with Gasteiger partial charge in [0.1, 0.15) is 0 Å². The van der Waals surface area contributed by atoms with Gasteiger partial charge in [-0.1, -0.05) is 41.9 Å². The number of nitrogens with zero attached hydrogens (tertiary/aromatic N) is 5. The summed E-state index contributed by atoms with van der Waals surface area (Å²) in [4.78, 5) is 44.2. The van der Waals surface area contributed by atoms with Gasteiger partial charge in [0.05, 0.1) is 16.7 Å². The van der Waals surface area contributed by atoms with Gasteiger partial charge < -0.3 is 10.0 Å². The van der Waals surface area contributed by atoms with Crippen LogP contribution in [0, 0.1) is 0 Å². The number of carbonyl (C=O) groups excluding carboxylic acids is 2. The van der Waals surface area contributed by atoms with Crippen molar-refractivity contribution in [3.63, 3.8) is 0 Å². The van der Waals surface area contributed by atoms with Crippen LogP contribution in [0.15, 0.2) is 42.6 Å². The highest BCUT2D eigenvalue weighted by molar-refractivity contribution is 6.39. The zero-order valence-corrected chi connectivity index (χ0v) is 18.4. The number of aliphatic carboxylic acids is 1. The Balaban J connectivity index is 1.59. The van der Waals surface area contributed by atoms with Gasteiger partial charge in [-0.15, -0.1) is 0 Å². The molecule has 2 aromatic heterocycles. The van der Waals surface area contributed by atoms with Crippen molar-refractivity contribution in [2.45, 2.75) is 32.5 Å². The van der Waals surface area contributed by atoms with Crippen molar-refractivity contribution in [3.8, 4) is 0 Å². The average molecular weight is 456 g/mol. The Morgan fingerprint density at radius 3 is 2.53 bits per heavy atom. The second kappa shape index (κ2) is 8.68. The number of Topliss-reactive ketones (excluding diaryl/α,β-unsaturated/α-hetero) is 1. The first-order chi connectivity index (χ1) is 15.3. The van der Waals surface area contributed by atoms with Gasteiger partial charge in [-0.25, -0.2) is 14.3 Å². The fourth-order valence-electron chi connectivity index (χ4n) is 3.96. The lowest BCUT2D eigenvalue weighted by Gasteiger charge is -2.44. The molecule has 1 aliphatic rings. The third kappa shape index (κ3) is 4.09. The molecule has 0 saturated carbocycles. The van der Waals surface area contributed by atoms with Crippen molar-refractivity contribution in [3.05, 3.63) is 64.7 Å². The molecule has 166 valence electrons. The number of imidazole rings is 1. The van der Waals surface area contributed by atoms with E-state index in [-0.39, 0.29) is 34.5 Å². The monoisotopic (exact) mass is 455 g/mol. The van der Waals surface area contributed by atoms with Gasteiger partial charge in [-0.3, -0.25) is 14.5 Å².